The first-order valence-corrected chi connectivity index (χ1v) is 6.99. The molecule has 3 nitrogen and oxygen atoms in total. The zero-order valence-corrected chi connectivity index (χ0v) is 12.3. The van der Waals surface area contributed by atoms with Crippen molar-refractivity contribution in [2.75, 3.05) is 44.4 Å². The first-order valence-electron chi connectivity index (χ1n) is 6.61. The normalized spacial score (nSPS) is 17.2. The molecule has 2 rings (SSSR count). The van der Waals surface area contributed by atoms with Gasteiger partial charge in [-0.05, 0) is 38.9 Å². The Bertz CT molecular complexity index is 443. The van der Waals surface area contributed by atoms with E-state index >= 15 is 0 Å². The molecule has 0 spiro atoms. The van der Waals surface area contributed by atoms with Crippen molar-refractivity contribution in [3.63, 3.8) is 0 Å². The Morgan fingerprint density at radius 3 is 2.58 bits per heavy atom. The third-order valence-electron chi connectivity index (χ3n) is 3.65. The van der Waals surface area contributed by atoms with E-state index in [0.29, 0.717) is 5.69 Å². The van der Waals surface area contributed by atoms with Gasteiger partial charge in [-0.15, -0.1) is 0 Å². The number of hydrogen-bond donors (Lipinski definition) is 1. The summed E-state index contributed by atoms with van der Waals surface area (Å²) in [5, 5.41) is 0.139. The van der Waals surface area contributed by atoms with E-state index in [0.717, 1.165) is 44.1 Å². The molecule has 2 N–H and O–H groups in total. The Labute approximate surface area is 119 Å². The van der Waals surface area contributed by atoms with Crippen molar-refractivity contribution in [3.8, 4) is 0 Å². The van der Waals surface area contributed by atoms with E-state index in [1.807, 2.05) is 0 Å². The summed E-state index contributed by atoms with van der Waals surface area (Å²) in [6.07, 6.45) is 2.26. The van der Waals surface area contributed by atoms with Crippen LogP contribution in [0.15, 0.2) is 12.1 Å². The lowest BCUT2D eigenvalue weighted by Gasteiger charge is -2.35. The summed E-state index contributed by atoms with van der Waals surface area (Å²) in [5.41, 5.74) is 7.21. The minimum Gasteiger partial charge on any atom is -0.397 e. The van der Waals surface area contributed by atoms with Crippen LogP contribution in [0.5, 0.6) is 0 Å². The fourth-order valence-electron chi connectivity index (χ4n) is 2.70. The molecule has 1 aromatic carbocycles. The average Bonchev–Trinajstić information content (AvgIpc) is 2.34. The second-order valence-corrected chi connectivity index (χ2v) is 5.92. The molecular formula is C14H21ClFN3. The van der Waals surface area contributed by atoms with Crippen LogP contribution in [0.4, 0.5) is 15.8 Å². The molecule has 0 atom stereocenters. The van der Waals surface area contributed by atoms with Crippen LogP contribution in [0.3, 0.4) is 0 Å². The largest absolute Gasteiger partial charge is 0.397 e. The molecule has 0 unspecified atom stereocenters. The first kappa shape index (κ1) is 14.4. The molecule has 0 bridgehead atoms. The Morgan fingerprint density at radius 1 is 1.37 bits per heavy atom. The SMILES string of the molecule is CN(C)CC1CCN(c2cc(Cl)c(F)cc2N)CC1. The Balaban J connectivity index is 2.03. The number of nitrogens with zero attached hydrogens (tertiary/aromatic N) is 2. The van der Waals surface area contributed by atoms with Crippen LogP contribution in [0.25, 0.3) is 0 Å². The highest BCUT2D eigenvalue weighted by molar-refractivity contribution is 6.31. The Morgan fingerprint density at radius 2 is 2.00 bits per heavy atom. The Hall–Kier alpha value is -1.00. The molecule has 0 saturated carbocycles. The molecule has 0 aliphatic carbocycles. The van der Waals surface area contributed by atoms with Crippen molar-refractivity contribution < 1.29 is 4.39 Å². The smallest absolute Gasteiger partial charge is 0.143 e. The topological polar surface area (TPSA) is 32.5 Å². The van der Waals surface area contributed by atoms with Gasteiger partial charge < -0.3 is 15.5 Å². The second kappa shape index (κ2) is 5.97. The number of piperidine rings is 1. The van der Waals surface area contributed by atoms with Crippen molar-refractivity contribution in [2.24, 2.45) is 5.92 Å². The zero-order chi connectivity index (χ0) is 14.0. The van der Waals surface area contributed by atoms with Gasteiger partial charge in [-0.25, -0.2) is 4.39 Å². The van der Waals surface area contributed by atoms with E-state index in [1.165, 1.54) is 6.07 Å². The molecule has 1 heterocycles. The highest BCUT2D eigenvalue weighted by Crippen LogP contribution is 2.32. The van der Waals surface area contributed by atoms with Crippen molar-refractivity contribution in [1.29, 1.82) is 0 Å². The van der Waals surface area contributed by atoms with Crippen molar-refractivity contribution in [1.82, 2.24) is 4.90 Å². The van der Waals surface area contributed by atoms with Crippen molar-refractivity contribution >= 4 is 23.0 Å². The van der Waals surface area contributed by atoms with Gasteiger partial charge in [-0.2, -0.15) is 0 Å². The molecule has 1 aromatic rings. The van der Waals surface area contributed by atoms with E-state index in [-0.39, 0.29) is 5.02 Å². The fourth-order valence-corrected chi connectivity index (χ4v) is 2.86. The summed E-state index contributed by atoms with van der Waals surface area (Å²) in [6, 6.07) is 2.95. The number of rotatable bonds is 3. The van der Waals surface area contributed by atoms with Gasteiger partial charge >= 0.3 is 0 Å². The van der Waals surface area contributed by atoms with Crippen molar-refractivity contribution in [3.05, 3.63) is 23.0 Å². The lowest BCUT2D eigenvalue weighted by molar-refractivity contribution is 0.285. The summed E-state index contributed by atoms with van der Waals surface area (Å²) in [6.45, 7) is 3.02. The van der Waals surface area contributed by atoms with E-state index in [1.54, 1.807) is 6.07 Å². The fraction of sp³-hybridized carbons (Fsp3) is 0.571. The maximum Gasteiger partial charge on any atom is 0.143 e. The van der Waals surface area contributed by atoms with Gasteiger partial charge in [-0.1, -0.05) is 11.6 Å². The number of hydrogen-bond acceptors (Lipinski definition) is 3. The van der Waals surface area contributed by atoms with Crippen LogP contribution in [-0.2, 0) is 0 Å². The molecule has 1 fully saturated rings. The molecule has 0 radical (unpaired) electrons. The number of halogens is 2. The van der Waals surface area contributed by atoms with Gasteiger partial charge in [0, 0.05) is 25.7 Å². The first-order chi connectivity index (χ1) is 8.97. The summed E-state index contributed by atoms with van der Waals surface area (Å²) in [5.74, 6) is 0.272. The van der Waals surface area contributed by atoms with Crippen LogP contribution >= 0.6 is 11.6 Å². The third kappa shape index (κ3) is 3.51. The van der Waals surface area contributed by atoms with Crippen LogP contribution in [0.1, 0.15) is 12.8 Å². The van der Waals surface area contributed by atoms with E-state index < -0.39 is 5.82 Å². The molecule has 1 aliphatic rings. The van der Waals surface area contributed by atoms with Crippen molar-refractivity contribution in [2.45, 2.75) is 12.8 Å². The van der Waals surface area contributed by atoms with Gasteiger partial charge in [0.05, 0.1) is 16.4 Å². The quantitative estimate of drug-likeness (QED) is 0.867. The molecule has 1 aliphatic heterocycles. The van der Waals surface area contributed by atoms with Crippen LogP contribution in [0.2, 0.25) is 5.02 Å². The van der Waals surface area contributed by atoms with Gasteiger partial charge in [0.1, 0.15) is 5.82 Å². The second-order valence-electron chi connectivity index (χ2n) is 5.52. The predicted molar refractivity (Wildman–Crippen MR) is 79.3 cm³/mol. The third-order valence-corrected chi connectivity index (χ3v) is 3.94. The monoisotopic (exact) mass is 285 g/mol. The van der Waals surface area contributed by atoms with E-state index in [2.05, 4.69) is 23.9 Å². The molecule has 1 saturated heterocycles. The molecule has 5 heteroatoms. The zero-order valence-electron chi connectivity index (χ0n) is 11.5. The van der Waals surface area contributed by atoms with Crippen LogP contribution in [0, 0.1) is 11.7 Å². The number of nitrogen functional groups attached to an aromatic ring is 1. The lowest BCUT2D eigenvalue weighted by atomic mass is 9.96. The van der Waals surface area contributed by atoms with Crippen LogP contribution in [-0.4, -0.2) is 38.6 Å². The lowest BCUT2D eigenvalue weighted by Crippen LogP contribution is -2.37. The summed E-state index contributed by atoms with van der Waals surface area (Å²) < 4.78 is 13.3. The summed E-state index contributed by atoms with van der Waals surface area (Å²) in [7, 11) is 4.20. The molecule has 0 amide bonds. The summed E-state index contributed by atoms with van der Waals surface area (Å²) >= 11 is 5.84. The molecular weight excluding hydrogens is 265 g/mol. The number of nitrogens with two attached hydrogens (primary N) is 1. The minimum absolute atomic E-state index is 0.139. The minimum atomic E-state index is -0.453. The van der Waals surface area contributed by atoms with Gasteiger partial charge in [-0.3, -0.25) is 0 Å². The maximum absolute atomic E-state index is 13.3. The number of benzene rings is 1. The maximum atomic E-state index is 13.3. The standard InChI is InChI=1S/C14H21ClFN3/c1-18(2)9-10-3-5-19(6-4-10)14-7-11(15)12(16)8-13(14)17/h7-8,10H,3-6,9,17H2,1-2H3. The van der Waals surface area contributed by atoms with Gasteiger partial charge in [0.15, 0.2) is 0 Å². The predicted octanol–water partition coefficient (Wildman–Crippen LogP) is 2.84. The molecule has 19 heavy (non-hydrogen) atoms. The number of anilines is 2. The highest BCUT2D eigenvalue weighted by Gasteiger charge is 2.21. The van der Waals surface area contributed by atoms with E-state index in [9.17, 15) is 4.39 Å². The van der Waals surface area contributed by atoms with Crippen LogP contribution < -0.4 is 10.6 Å². The summed E-state index contributed by atoms with van der Waals surface area (Å²) in [4.78, 5) is 4.43. The molecule has 106 valence electrons. The van der Waals surface area contributed by atoms with E-state index in [4.69, 9.17) is 17.3 Å². The average molecular weight is 286 g/mol. The Kier molecular flexibility index (Phi) is 4.53. The van der Waals surface area contributed by atoms with Gasteiger partial charge in [0.25, 0.3) is 0 Å². The van der Waals surface area contributed by atoms with Gasteiger partial charge in [0.2, 0.25) is 0 Å². The molecule has 0 aromatic heterocycles. The highest BCUT2D eigenvalue weighted by atomic mass is 35.5.